The molecule has 0 saturated carbocycles. The second-order valence-electron chi connectivity index (χ2n) is 33.2. The molecule has 0 spiro atoms. The van der Waals surface area contributed by atoms with Crippen molar-refractivity contribution in [2.75, 3.05) is 65.4 Å². The van der Waals surface area contributed by atoms with E-state index >= 15 is 33.6 Å². The Balaban J connectivity index is 1.19. The molecule has 18 amide bonds. The summed E-state index contributed by atoms with van der Waals surface area (Å²) in [6, 6.07) is -3.24. The Hall–Kier alpha value is -13.3. The number of aliphatic carboxylic acids is 1. The highest BCUT2D eigenvalue weighted by atomic mass is 32.2. The third kappa shape index (κ3) is 28.8. The summed E-state index contributed by atoms with van der Waals surface area (Å²) in [5, 5.41) is 58.4. The number of fused-ring (bicyclic) bond motifs is 4. The summed E-state index contributed by atoms with van der Waals surface area (Å²) in [6.07, 6.45) is -1.78. The van der Waals surface area contributed by atoms with E-state index in [0.29, 0.717) is 69.5 Å². The minimum atomic E-state index is -1.82. The van der Waals surface area contributed by atoms with Crippen molar-refractivity contribution in [1.82, 2.24) is 87.6 Å². The zero-order chi connectivity index (χ0) is 96.9. The number of phenolic OH excluding ortho intramolecular Hbond substituents is 1. The number of unbranched alkanes of at least 4 members (excludes halogenated alkanes) is 2. The smallest absolute Gasteiger partial charge is 0.303 e. The van der Waals surface area contributed by atoms with E-state index in [1.807, 2.05) is 6.92 Å². The number of benzene rings is 3. The second kappa shape index (κ2) is 49.6. The number of aromatic nitrogens is 2. The number of carbonyl (C=O) groups excluding carboxylic acids is 18. The standard InChI is InChI=1S/C87H122N22O22S/c1-7-9-20-65-80(124)98-56(28-30-73(116)117)76(120)104-64(75(119)95-42-71(92)114)44-132-45-72(115)96-60(34-47-23-25-50(110)26-24-47)83(127)105(4)46(3)74(118)101-62(38-70(91)113)86(130)108-33-15-22-66(108)81(125)103-63(39-89)79(123)99-58(27-29-69(90)112)85(129)109-43-51(111)37-68(109)82(126)100-59(35-48-40-93-54-18-13-11-16-52(48)54)78(122)97-57(31-32-88)77(121)102-61(36-49-41-94-55-19-14-12-17-53(49)55)84(128)107(6)67(21-10-8-2)87(131)106(65)5/h11-14,16-19,23-26,40-41,46,51,56-68,93-94,110-111H,7-10,15,20-22,27-39,42-45,88-89H2,1-6H3,(H2,90,112)(H2,91,113)(H2,92,114)(H,95,119)(H,96,115)(H,97,122)(H,98,124)(H,99,123)(H,100,126)(H,101,118)(H,102,121)(H,103,125)(H,104,120)(H,116,117)/t46-,51+,56-,57-,58-,59-,60-,61-,62+,63-,64-,65-,66-,67-,68-/m0/s1. The lowest BCUT2D eigenvalue weighted by molar-refractivity contribution is -0.149. The van der Waals surface area contributed by atoms with Crippen molar-refractivity contribution in [2.24, 2.45) is 28.7 Å². The minimum absolute atomic E-state index is 0.0361. The van der Waals surface area contributed by atoms with E-state index in [-0.39, 0.29) is 76.6 Å². The fourth-order valence-electron chi connectivity index (χ4n) is 16.0. The van der Waals surface area contributed by atoms with E-state index in [9.17, 15) is 72.9 Å². The summed E-state index contributed by atoms with van der Waals surface area (Å²) in [4.78, 5) is 284. The van der Waals surface area contributed by atoms with E-state index in [0.717, 1.165) is 24.5 Å². The largest absolute Gasteiger partial charge is 0.508 e. The number of likely N-dealkylation sites (N-methyl/N-ethyl adjacent to an activating group) is 3. The fourth-order valence-corrected chi connectivity index (χ4v) is 16.9. The summed E-state index contributed by atoms with van der Waals surface area (Å²) in [6.45, 7) is 2.41. The van der Waals surface area contributed by atoms with E-state index in [4.69, 9.17) is 28.7 Å². The number of H-pyrrole nitrogens is 2. The summed E-state index contributed by atoms with van der Waals surface area (Å²) in [7, 11) is 3.80. The third-order valence-electron chi connectivity index (χ3n) is 23.5. The summed E-state index contributed by atoms with van der Waals surface area (Å²) in [5.41, 5.74) is 31.6. The normalized spacial score (nSPS) is 25.0. The predicted molar refractivity (Wildman–Crippen MR) is 480 cm³/mol. The molecule has 0 bridgehead atoms. The number of carboxylic acids is 1. The Bertz CT molecular complexity index is 5010. The molecule has 0 radical (unpaired) electrons. The highest BCUT2D eigenvalue weighted by Gasteiger charge is 2.47. The van der Waals surface area contributed by atoms with Gasteiger partial charge in [0.1, 0.15) is 90.3 Å². The number of amides is 18. The van der Waals surface area contributed by atoms with Crippen molar-refractivity contribution < 1.29 is 106 Å². The maximum absolute atomic E-state index is 15.8. The first-order valence-corrected chi connectivity index (χ1v) is 44.9. The quantitative estimate of drug-likeness (QED) is 0.0247. The van der Waals surface area contributed by atoms with Crippen molar-refractivity contribution in [3.8, 4) is 5.75 Å². The molecule has 3 fully saturated rings. The first-order valence-electron chi connectivity index (χ1n) is 43.8. The molecular formula is C87H122N22O22S. The molecule has 3 aliphatic rings. The molecule has 132 heavy (non-hydrogen) atoms. The molecule has 3 saturated heterocycles. The van der Waals surface area contributed by atoms with Crippen molar-refractivity contribution in [3.63, 3.8) is 0 Å². The number of hydrogen-bond acceptors (Lipinski definition) is 24. The number of primary amides is 3. The third-order valence-corrected chi connectivity index (χ3v) is 24.5. The lowest BCUT2D eigenvalue weighted by Gasteiger charge is -2.36. The molecule has 15 atom stereocenters. The van der Waals surface area contributed by atoms with Crippen molar-refractivity contribution in [2.45, 2.75) is 227 Å². The van der Waals surface area contributed by atoms with Crippen LogP contribution in [0.5, 0.6) is 5.75 Å². The van der Waals surface area contributed by atoms with Gasteiger partial charge in [0.05, 0.1) is 24.8 Å². The number of para-hydroxylation sites is 2. The van der Waals surface area contributed by atoms with Gasteiger partial charge in [-0.3, -0.25) is 91.1 Å². The molecular weight excluding hydrogens is 1740 g/mol. The average Bonchev–Trinajstić information content (AvgIpc) is 1.65. The van der Waals surface area contributed by atoms with Crippen LogP contribution < -0.4 is 81.8 Å². The molecule has 0 unspecified atom stereocenters. The monoisotopic (exact) mass is 1860 g/mol. The van der Waals surface area contributed by atoms with Gasteiger partial charge in [0.25, 0.3) is 0 Å². The van der Waals surface area contributed by atoms with Gasteiger partial charge in [0.15, 0.2) is 0 Å². The van der Waals surface area contributed by atoms with Gasteiger partial charge in [-0.15, -0.1) is 11.8 Å². The molecule has 25 N–H and O–H groups in total. The molecule has 0 aliphatic carbocycles. The first kappa shape index (κ1) is 104. The Kier molecular flexibility index (Phi) is 39.1. The lowest BCUT2D eigenvalue weighted by atomic mass is 9.99. The Morgan fingerprint density at radius 1 is 0.500 bits per heavy atom. The van der Waals surface area contributed by atoms with Gasteiger partial charge < -0.3 is 132 Å². The number of aliphatic hydroxyl groups excluding tert-OH is 1. The van der Waals surface area contributed by atoms with Crippen LogP contribution in [0.1, 0.15) is 134 Å². The number of nitrogens with zero attached hydrogens (tertiary/aromatic N) is 5. The summed E-state index contributed by atoms with van der Waals surface area (Å²) < 4.78 is 0. The number of nitrogens with one attached hydrogen (secondary N) is 12. The topological polar surface area (TPSA) is 683 Å². The molecule has 2 aromatic heterocycles. The van der Waals surface area contributed by atoms with E-state index < -0.39 is 273 Å². The van der Waals surface area contributed by atoms with Gasteiger partial charge in [-0.2, -0.15) is 0 Å². The number of thioether (sulfide) groups is 1. The second-order valence-corrected chi connectivity index (χ2v) is 34.2. The van der Waals surface area contributed by atoms with Crippen LogP contribution in [0.3, 0.4) is 0 Å². The number of carbonyl (C=O) groups is 19. The Labute approximate surface area is 765 Å². The number of hydrogen-bond donors (Lipinski definition) is 20. The van der Waals surface area contributed by atoms with Gasteiger partial charge in [0, 0.05) is 119 Å². The van der Waals surface area contributed by atoms with Crippen molar-refractivity contribution in [1.29, 1.82) is 0 Å². The minimum Gasteiger partial charge on any atom is -0.508 e. The number of phenols is 1. The number of nitrogens with two attached hydrogens (primary N) is 5. The maximum atomic E-state index is 15.8. The molecule has 5 aromatic rings. The number of aromatic amines is 2. The van der Waals surface area contributed by atoms with Crippen LogP contribution in [0.4, 0.5) is 0 Å². The molecule has 5 heterocycles. The van der Waals surface area contributed by atoms with E-state index in [1.165, 1.54) is 52.3 Å². The Morgan fingerprint density at radius 2 is 1.01 bits per heavy atom. The number of aliphatic hydroxyl groups is 1. The van der Waals surface area contributed by atoms with Crippen LogP contribution in [0.25, 0.3) is 21.8 Å². The summed E-state index contributed by atoms with van der Waals surface area (Å²) in [5.74, 6) is -20.7. The highest BCUT2D eigenvalue weighted by molar-refractivity contribution is 8.00. The average molecular weight is 1860 g/mol. The molecule has 45 heteroatoms. The fraction of sp³-hybridized carbons (Fsp3) is 0.529. The SMILES string of the molecule is CCCC[C@H]1C(=O)N(C)[C@@H](CCCC)C(=O)N[C@@H](CCC(=O)O)C(=O)N[C@H](C(=O)NCC(N)=O)CSCC(=O)N[C@@H](Cc2ccc(O)cc2)C(=O)N(C)[C@@H](C)C(=O)N[C@H](CC(N)=O)C(=O)N2CCC[C@H]2C(=O)N[C@@H](CN)C(=O)N[C@@H](CCC(N)=O)C(=O)N2C[C@H](O)C[C@H]2C(=O)N[C@@H](Cc2c[nH]c3ccccc23)C(=O)N[C@@H](CCN)C(=O)N[C@@H](Cc2c[nH]c3ccccc23)C(=O)N1C. The van der Waals surface area contributed by atoms with Crippen LogP contribution in [0.2, 0.25) is 0 Å². The van der Waals surface area contributed by atoms with Crippen LogP contribution in [-0.2, 0) is 110 Å². The van der Waals surface area contributed by atoms with Gasteiger partial charge in [-0.1, -0.05) is 88.1 Å². The number of rotatable bonds is 26. The predicted octanol–water partition coefficient (Wildman–Crippen LogP) is -4.76. The van der Waals surface area contributed by atoms with Crippen LogP contribution in [0.15, 0.2) is 85.2 Å². The van der Waals surface area contributed by atoms with E-state index in [2.05, 4.69) is 63.1 Å². The molecule has 718 valence electrons. The van der Waals surface area contributed by atoms with Crippen molar-refractivity contribution >= 4 is 146 Å². The van der Waals surface area contributed by atoms with Crippen LogP contribution >= 0.6 is 11.8 Å². The van der Waals surface area contributed by atoms with Gasteiger partial charge in [-0.25, -0.2) is 0 Å². The molecule has 3 aromatic carbocycles. The zero-order valence-corrected chi connectivity index (χ0v) is 75.4. The van der Waals surface area contributed by atoms with Gasteiger partial charge in [0.2, 0.25) is 106 Å². The van der Waals surface area contributed by atoms with Gasteiger partial charge in [-0.05, 0) is 99.4 Å². The number of carboxylic acid groups (broad SMARTS) is 1. The zero-order valence-electron chi connectivity index (χ0n) is 74.6. The highest BCUT2D eigenvalue weighted by Crippen LogP contribution is 2.28. The van der Waals surface area contributed by atoms with Crippen LogP contribution in [0, 0.1) is 0 Å². The molecule has 3 aliphatic heterocycles. The maximum Gasteiger partial charge on any atom is 0.303 e. The number of aromatic hydroxyl groups is 1. The lowest BCUT2D eigenvalue weighted by Crippen LogP contribution is -2.61. The van der Waals surface area contributed by atoms with Crippen molar-refractivity contribution in [3.05, 3.63) is 102 Å². The Morgan fingerprint density at radius 3 is 1.61 bits per heavy atom. The molecule has 44 nitrogen and oxygen atoms in total. The van der Waals surface area contributed by atoms with E-state index in [1.54, 1.807) is 67.8 Å². The molecule has 8 rings (SSSR count). The first-order chi connectivity index (χ1) is 62.8. The van der Waals surface area contributed by atoms with Crippen LogP contribution in [-0.4, -0.2) is 318 Å². The summed E-state index contributed by atoms with van der Waals surface area (Å²) >= 11 is 0.700. The van der Waals surface area contributed by atoms with Gasteiger partial charge >= 0.3 is 5.97 Å².